The number of hydrogen-bond donors (Lipinski definition) is 1. The highest BCUT2D eigenvalue weighted by Crippen LogP contribution is 2.36. The fraction of sp³-hybridized carbons (Fsp3) is 1.00. The topological polar surface area (TPSA) is 0 Å². The van der Waals surface area contributed by atoms with Gasteiger partial charge in [-0.25, -0.2) is 0 Å². The fourth-order valence-electron chi connectivity index (χ4n) is 1.11. The van der Waals surface area contributed by atoms with Crippen LogP contribution in [0.3, 0.4) is 0 Å². The van der Waals surface area contributed by atoms with Crippen molar-refractivity contribution in [3.05, 3.63) is 0 Å². The van der Waals surface area contributed by atoms with Crippen LogP contribution in [0.2, 0.25) is 0 Å². The van der Waals surface area contributed by atoms with Crippen molar-refractivity contribution >= 4 is 22.5 Å². The second-order valence-corrected chi connectivity index (χ2v) is 5.21. The SMILES string of the molecule is CCC(C)(CC(C)C)SS. The quantitative estimate of drug-likeness (QED) is 0.505. The Kier molecular flexibility index (Phi) is 4.87. The van der Waals surface area contributed by atoms with Gasteiger partial charge in [0.05, 0.1) is 0 Å². The highest BCUT2D eigenvalue weighted by atomic mass is 33.1. The fourth-order valence-corrected chi connectivity index (χ4v) is 2.26. The van der Waals surface area contributed by atoms with Crippen LogP contribution in [0.25, 0.3) is 0 Å². The monoisotopic (exact) mass is 178 g/mol. The normalized spacial score (nSPS) is 17.4. The lowest BCUT2D eigenvalue weighted by Crippen LogP contribution is -2.19. The first-order chi connectivity index (χ1) is 4.54. The molecule has 0 aromatic heterocycles. The lowest BCUT2D eigenvalue weighted by molar-refractivity contribution is 0.469. The van der Waals surface area contributed by atoms with E-state index in [0.29, 0.717) is 4.75 Å². The van der Waals surface area contributed by atoms with E-state index in [4.69, 9.17) is 0 Å². The summed E-state index contributed by atoms with van der Waals surface area (Å²) in [4.78, 5) is 0. The Bertz CT molecular complexity index is 85.3. The zero-order chi connectivity index (χ0) is 8.20. The van der Waals surface area contributed by atoms with Crippen LogP contribution in [0.1, 0.15) is 40.5 Å². The Labute approximate surface area is 74.0 Å². The Morgan fingerprint density at radius 1 is 1.50 bits per heavy atom. The molecule has 0 heterocycles. The molecule has 1 atom stereocenters. The summed E-state index contributed by atoms with van der Waals surface area (Å²) < 4.78 is 0.386. The average Bonchev–Trinajstić information content (AvgIpc) is 1.87. The minimum atomic E-state index is 0.386. The van der Waals surface area contributed by atoms with Gasteiger partial charge in [0.15, 0.2) is 0 Å². The predicted molar refractivity (Wildman–Crippen MR) is 54.7 cm³/mol. The third-order valence-corrected chi connectivity index (χ3v) is 4.03. The molecule has 0 rings (SSSR count). The molecule has 0 radical (unpaired) electrons. The number of rotatable bonds is 4. The van der Waals surface area contributed by atoms with Crippen molar-refractivity contribution in [2.24, 2.45) is 5.92 Å². The van der Waals surface area contributed by atoms with Crippen LogP contribution in [0.5, 0.6) is 0 Å². The van der Waals surface area contributed by atoms with Gasteiger partial charge in [0, 0.05) is 4.75 Å². The summed E-state index contributed by atoms with van der Waals surface area (Å²) >= 11 is 4.27. The molecule has 0 nitrogen and oxygen atoms in total. The van der Waals surface area contributed by atoms with Gasteiger partial charge in [0.2, 0.25) is 0 Å². The Morgan fingerprint density at radius 2 is 2.00 bits per heavy atom. The van der Waals surface area contributed by atoms with Gasteiger partial charge >= 0.3 is 0 Å². The average molecular weight is 178 g/mol. The molecule has 0 spiro atoms. The third-order valence-electron chi connectivity index (χ3n) is 1.81. The molecule has 0 amide bonds. The highest BCUT2D eigenvalue weighted by molar-refractivity contribution is 8.69. The van der Waals surface area contributed by atoms with Crippen molar-refractivity contribution < 1.29 is 0 Å². The van der Waals surface area contributed by atoms with Crippen molar-refractivity contribution in [2.75, 3.05) is 0 Å². The van der Waals surface area contributed by atoms with E-state index in [2.05, 4.69) is 39.4 Å². The third kappa shape index (κ3) is 3.77. The van der Waals surface area contributed by atoms with Crippen molar-refractivity contribution in [3.63, 3.8) is 0 Å². The van der Waals surface area contributed by atoms with Gasteiger partial charge in [-0.2, -0.15) is 0 Å². The molecule has 0 N–H and O–H groups in total. The van der Waals surface area contributed by atoms with E-state index in [1.807, 2.05) is 0 Å². The smallest absolute Gasteiger partial charge is 0.0232 e. The second-order valence-electron chi connectivity index (χ2n) is 3.49. The molecule has 2 heteroatoms. The van der Waals surface area contributed by atoms with E-state index in [1.165, 1.54) is 12.8 Å². The molecule has 0 fully saturated rings. The first kappa shape index (κ1) is 10.7. The zero-order valence-electron chi connectivity index (χ0n) is 7.35. The van der Waals surface area contributed by atoms with Gasteiger partial charge in [-0.3, -0.25) is 0 Å². The zero-order valence-corrected chi connectivity index (χ0v) is 9.06. The lowest BCUT2D eigenvalue weighted by atomic mass is 9.96. The van der Waals surface area contributed by atoms with Crippen LogP contribution in [0, 0.1) is 5.92 Å². The largest absolute Gasteiger partial charge is 0.111 e. The Morgan fingerprint density at radius 3 is 2.10 bits per heavy atom. The van der Waals surface area contributed by atoms with E-state index >= 15 is 0 Å². The van der Waals surface area contributed by atoms with Crippen molar-refractivity contribution in [3.8, 4) is 0 Å². The summed E-state index contributed by atoms with van der Waals surface area (Å²) in [5.74, 6) is 0.782. The van der Waals surface area contributed by atoms with E-state index in [1.54, 1.807) is 10.8 Å². The van der Waals surface area contributed by atoms with Gasteiger partial charge in [-0.1, -0.05) is 31.6 Å². The number of thiol groups is 1. The highest BCUT2D eigenvalue weighted by Gasteiger charge is 2.22. The van der Waals surface area contributed by atoms with Crippen LogP contribution < -0.4 is 0 Å². The van der Waals surface area contributed by atoms with Crippen molar-refractivity contribution in [1.29, 1.82) is 0 Å². The molecule has 1 unspecified atom stereocenters. The molecular formula is C8H18S2. The first-order valence-electron chi connectivity index (χ1n) is 3.86. The minimum absolute atomic E-state index is 0.386. The van der Waals surface area contributed by atoms with E-state index in [-0.39, 0.29) is 0 Å². The first-order valence-corrected chi connectivity index (χ1v) is 5.73. The van der Waals surface area contributed by atoms with E-state index < -0.39 is 0 Å². The maximum atomic E-state index is 4.27. The van der Waals surface area contributed by atoms with Crippen LogP contribution >= 0.6 is 22.5 Å². The predicted octanol–water partition coefficient (Wildman–Crippen LogP) is 3.78. The van der Waals surface area contributed by atoms with Crippen LogP contribution in [-0.2, 0) is 0 Å². The minimum Gasteiger partial charge on any atom is -0.111 e. The summed E-state index contributed by atoms with van der Waals surface area (Å²) in [6.07, 6.45) is 2.47. The van der Waals surface area contributed by atoms with Gasteiger partial charge in [0.1, 0.15) is 0 Å². The lowest BCUT2D eigenvalue weighted by Gasteiger charge is -2.26. The summed E-state index contributed by atoms with van der Waals surface area (Å²) in [7, 11) is 1.69. The molecule has 0 aliphatic rings. The Hall–Kier alpha value is 0.700. The molecular weight excluding hydrogens is 160 g/mol. The maximum absolute atomic E-state index is 4.27. The molecule has 0 aromatic rings. The molecule has 0 bridgehead atoms. The molecule has 0 saturated carbocycles. The number of hydrogen-bond acceptors (Lipinski definition) is 2. The van der Waals surface area contributed by atoms with Crippen molar-refractivity contribution in [1.82, 2.24) is 0 Å². The summed E-state index contributed by atoms with van der Waals surface area (Å²) in [6.45, 7) is 9.03. The molecule has 62 valence electrons. The van der Waals surface area contributed by atoms with E-state index in [9.17, 15) is 0 Å². The van der Waals surface area contributed by atoms with Gasteiger partial charge in [-0.15, -0.1) is 11.7 Å². The van der Waals surface area contributed by atoms with Crippen LogP contribution in [0.4, 0.5) is 0 Å². The van der Waals surface area contributed by atoms with Crippen molar-refractivity contribution in [2.45, 2.75) is 45.3 Å². The van der Waals surface area contributed by atoms with Gasteiger partial charge in [0.25, 0.3) is 0 Å². The summed E-state index contributed by atoms with van der Waals surface area (Å²) in [6, 6.07) is 0. The summed E-state index contributed by atoms with van der Waals surface area (Å²) in [5, 5.41) is 0. The molecule has 10 heavy (non-hydrogen) atoms. The molecule has 0 aromatic carbocycles. The standard InChI is InChI=1S/C8H18S2/c1-5-8(4,10-9)6-7(2)3/h7,9H,5-6H2,1-4H3. The van der Waals surface area contributed by atoms with Gasteiger partial charge < -0.3 is 0 Å². The second kappa shape index (κ2) is 4.55. The Balaban J connectivity index is 3.80. The van der Waals surface area contributed by atoms with Crippen LogP contribution in [-0.4, -0.2) is 4.75 Å². The van der Waals surface area contributed by atoms with Gasteiger partial charge in [-0.05, 0) is 25.7 Å². The summed E-state index contributed by atoms with van der Waals surface area (Å²) in [5.41, 5.74) is 0. The van der Waals surface area contributed by atoms with E-state index in [0.717, 1.165) is 5.92 Å². The maximum Gasteiger partial charge on any atom is 0.0232 e. The van der Waals surface area contributed by atoms with Crippen LogP contribution in [0.15, 0.2) is 0 Å². The molecule has 0 aliphatic heterocycles. The molecule has 0 saturated heterocycles. The molecule has 0 aliphatic carbocycles.